The van der Waals surface area contributed by atoms with Gasteiger partial charge in [0.25, 0.3) is 5.97 Å². The first kappa shape index (κ1) is 24.2. The lowest BCUT2D eigenvalue weighted by molar-refractivity contribution is -0.405. The molecule has 0 rings (SSSR count). The number of hydrogen-bond donors (Lipinski definition) is 1. The summed E-state index contributed by atoms with van der Waals surface area (Å²) >= 11 is 4.47. The molecule has 4 heteroatoms. The molecule has 0 fully saturated rings. The SMILES string of the molecule is CCCCCCCCC(CCS)C(OCC)(OCCC)OCCC. The largest absolute Gasteiger partial charge is 0.328 e. The van der Waals surface area contributed by atoms with Crippen LogP contribution in [0.4, 0.5) is 0 Å². The van der Waals surface area contributed by atoms with Crippen LogP contribution in [0.5, 0.6) is 0 Å². The van der Waals surface area contributed by atoms with Crippen LogP contribution in [0.25, 0.3) is 0 Å². The quantitative estimate of drug-likeness (QED) is 0.178. The Morgan fingerprint density at radius 1 is 0.708 bits per heavy atom. The zero-order chi connectivity index (χ0) is 18.1. The summed E-state index contributed by atoms with van der Waals surface area (Å²) in [5.74, 6) is 0.201. The summed E-state index contributed by atoms with van der Waals surface area (Å²) in [4.78, 5) is 0. The normalized spacial score (nSPS) is 13.4. The summed E-state index contributed by atoms with van der Waals surface area (Å²) < 4.78 is 18.4. The van der Waals surface area contributed by atoms with Gasteiger partial charge in [-0.15, -0.1) is 0 Å². The van der Waals surface area contributed by atoms with Gasteiger partial charge in [0, 0.05) is 12.5 Å². The molecule has 0 aliphatic rings. The molecule has 0 aromatic carbocycles. The van der Waals surface area contributed by atoms with E-state index >= 15 is 0 Å². The lowest BCUT2D eigenvalue weighted by Crippen LogP contribution is -2.47. The lowest BCUT2D eigenvalue weighted by Gasteiger charge is -2.39. The van der Waals surface area contributed by atoms with Crippen molar-refractivity contribution in [2.24, 2.45) is 5.92 Å². The first-order valence-electron chi connectivity index (χ1n) is 10.2. The summed E-state index contributed by atoms with van der Waals surface area (Å²) in [6.45, 7) is 10.5. The van der Waals surface area contributed by atoms with Crippen LogP contribution in [0.3, 0.4) is 0 Å². The van der Waals surface area contributed by atoms with E-state index in [1.165, 1.54) is 38.5 Å². The highest BCUT2D eigenvalue weighted by molar-refractivity contribution is 7.80. The van der Waals surface area contributed by atoms with Crippen LogP contribution in [0.1, 0.15) is 91.9 Å². The molecule has 0 saturated heterocycles. The van der Waals surface area contributed by atoms with Crippen LogP contribution < -0.4 is 0 Å². The lowest BCUT2D eigenvalue weighted by atomic mass is 9.95. The van der Waals surface area contributed by atoms with Crippen LogP contribution in [0, 0.1) is 5.92 Å². The van der Waals surface area contributed by atoms with Crippen molar-refractivity contribution in [1.82, 2.24) is 0 Å². The number of rotatable bonds is 18. The van der Waals surface area contributed by atoms with Crippen molar-refractivity contribution in [3.63, 3.8) is 0 Å². The van der Waals surface area contributed by atoms with E-state index in [1.54, 1.807) is 0 Å². The van der Waals surface area contributed by atoms with Crippen molar-refractivity contribution in [2.75, 3.05) is 25.6 Å². The van der Waals surface area contributed by atoms with Gasteiger partial charge in [-0.1, -0.05) is 59.3 Å². The molecule has 0 spiro atoms. The predicted octanol–water partition coefficient (Wildman–Crippen LogP) is 6.22. The van der Waals surface area contributed by atoms with Gasteiger partial charge in [0.1, 0.15) is 0 Å². The standard InChI is InChI=1S/C20H42O3S/c1-5-9-10-11-12-13-14-19(15-18-24)20(21-8-4,22-16-6-2)23-17-7-3/h19,24H,5-18H2,1-4H3. The minimum absolute atomic E-state index is 0.249. The molecule has 0 N–H and O–H groups in total. The maximum Gasteiger partial charge on any atom is 0.285 e. The molecule has 0 aromatic heterocycles. The maximum absolute atomic E-state index is 6.15. The van der Waals surface area contributed by atoms with E-state index in [4.69, 9.17) is 14.2 Å². The number of unbranched alkanes of at least 4 members (excludes halogenated alkanes) is 5. The van der Waals surface area contributed by atoms with Gasteiger partial charge in [0.15, 0.2) is 0 Å². The Labute approximate surface area is 156 Å². The van der Waals surface area contributed by atoms with Gasteiger partial charge in [-0.2, -0.15) is 12.6 Å². The van der Waals surface area contributed by atoms with Crippen molar-refractivity contribution < 1.29 is 14.2 Å². The van der Waals surface area contributed by atoms with Crippen molar-refractivity contribution in [3.8, 4) is 0 Å². The van der Waals surface area contributed by atoms with E-state index in [9.17, 15) is 0 Å². The van der Waals surface area contributed by atoms with E-state index in [-0.39, 0.29) is 5.92 Å². The Bertz CT molecular complexity index is 253. The second kappa shape index (κ2) is 16.7. The fraction of sp³-hybridized carbons (Fsp3) is 1.00. The Hall–Kier alpha value is 0.230. The smallest absolute Gasteiger partial charge is 0.285 e. The van der Waals surface area contributed by atoms with Crippen LogP contribution in [-0.4, -0.2) is 31.5 Å². The summed E-state index contributed by atoms with van der Waals surface area (Å²) in [6, 6.07) is 0. The third-order valence-corrected chi connectivity index (χ3v) is 4.50. The average Bonchev–Trinajstić information content (AvgIpc) is 2.59. The first-order chi connectivity index (χ1) is 11.7. The summed E-state index contributed by atoms with van der Waals surface area (Å²) in [6.07, 6.45) is 11.8. The molecule has 146 valence electrons. The number of thiol groups is 1. The topological polar surface area (TPSA) is 27.7 Å². The van der Waals surface area contributed by atoms with Gasteiger partial charge in [0.05, 0.1) is 13.2 Å². The molecule has 0 aliphatic heterocycles. The molecule has 0 heterocycles. The molecule has 0 amide bonds. The monoisotopic (exact) mass is 362 g/mol. The molecule has 0 radical (unpaired) electrons. The Morgan fingerprint density at radius 3 is 1.79 bits per heavy atom. The van der Waals surface area contributed by atoms with Crippen molar-refractivity contribution >= 4 is 12.6 Å². The molecule has 0 bridgehead atoms. The van der Waals surface area contributed by atoms with Crippen LogP contribution in [-0.2, 0) is 14.2 Å². The zero-order valence-corrected chi connectivity index (χ0v) is 17.5. The number of hydrogen-bond acceptors (Lipinski definition) is 4. The van der Waals surface area contributed by atoms with Crippen LogP contribution >= 0.6 is 12.6 Å². The molecule has 0 aliphatic carbocycles. The fourth-order valence-corrected chi connectivity index (χ4v) is 3.30. The van der Waals surface area contributed by atoms with Gasteiger partial charge in [0.2, 0.25) is 0 Å². The van der Waals surface area contributed by atoms with Gasteiger partial charge >= 0.3 is 0 Å². The third kappa shape index (κ3) is 10.3. The van der Waals surface area contributed by atoms with Crippen molar-refractivity contribution in [1.29, 1.82) is 0 Å². The molecule has 24 heavy (non-hydrogen) atoms. The van der Waals surface area contributed by atoms with E-state index in [0.717, 1.165) is 31.4 Å². The fourth-order valence-electron chi connectivity index (χ4n) is 2.99. The zero-order valence-electron chi connectivity index (χ0n) is 16.6. The van der Waals surface area contributed by atoms with E-state index in [1.807, 2.05) is 6.92 Å². The van der Waals surface area contributed by atoms with Gasteiger partial charge in [-0.05, 0) is 38.4 Å². The summed E-state index contributed by atoms with van der Waals surface area (Å²) in [5, 5.41) is 0. The first-order valence-corrected chi connectivity index (χ1v) is 10.9. The van der Waals surface area contributed by atoms with Crippen LogP contribution in [0.15, 0.2) is 0 Å². The minimum Gasteiger partial charge on any atom is -0.328 e. The Balaban J connectivity index is 4.78. The maximum atomic E-state index is 6.15. The molecular weight excluding hydrogens is 320 g/mol. The molecule has 1 atom stereocenters. The summed E-state index contributed by atoms with van der Waals surface area (Å²) in [7, 11) is 0. The molecule has 1 unspecified atom stereocenters. The predicted molar refractivity (Wildman–Crippen MR) is 107 cm³/mol. The molecular formula is C20H42O3S. The van der Waals surface area contributed by atoms with E-state index in [0.29, 0.717) is 19.8 Å². The van der Waals surface area contributed by atoms with Gasteiger partial charge in [-0.25, -0.2) is 0 Å². The van der Waals surface area contributed by atoms with E-state index < -0.39 is 5.97 Å². The van der Waals surface area contributed by atoms with Crippen LogP contribution in [0.2, 0.25) is 0 Å². The second-order valence-electron chi connectivity index (χ2n) is 6.50. The summed E-state index contributed by atoms with van der Waals surface area (Å²) in [5.41, 5.74) is 0. The van der Waals surface area contributed by atoms with Crippen molar-refractivity contribution in [3.05, 3.63) is 0 Å². The third-order valence-electron chi connectivity index (χ3n) is 4.24. The molecule has 0 aromatic rings. The van der Waals surface area contributed by atoms with Crippen molar-refractivity contribution in [2.45, 2.75) is 97.9 Å². The minimum atomic E-state index is -0.882. The highest BCUT2D eigenvalue weighted by Gasteiger charge is 2.41. The van der Waals surface area contributed by atoms with Gasteiger partial charge < -0.3 is 14.2 Å². The average molecular weight is 363 g/mol. The van der Waals surface area contributed by atoms with Gasteiger partial charge in [-0.3, -0.25) is 0 Å². The van der Waals surface area contributed by atoms with E-state index in [2.05, 4.69) is 33.4 Å². The Morgan fingerprint density at radius 2 is 1.29 bits per heavy atom. The Kier molecular flexibility index (Phi) is 16.8. The highest BCUT2D eigenvalue weighted by atomic mass is 32.1. The molecule has 3 nitrogen and oxygen atoms in total. The second-order valence-corrected chi connectivity index (χ2v) is 6.95. The molecule has 0 saturated carbocycles. The highest BCUT2D eigenvalue weighted by Crippen LogP contribution is 2.33. The number of ether oxygens (including phenoxy) is 3.